The van der Waals surface area contributed by atoms with Crippen LogP contribution in [0.3, 0.4) is 0 Å². The first kappa shape index (κ1) is 22.1. The minimum Gasteiger partial charge on any atom is -0.465 e. The van der Waals surface area contributed by atoms with Gasteiger partial charge in [0.15, 0.2) is 5.78 Å². The summed E-state index contributed by atoms with van der Waals surface area (Å²) in [7, 11) is 1.25. The number of methoxy groups -OCH3 is 1. The topological polar surface area (TPSA) is 84.0 Å². The summed E-state index contributed by atoms with van der Waals surface area (Å²) in [6, 6.07) is 12.9. The number of fused-ring (bicyclic) bond motifs is 5. The highest BCUT2D eigenvalue weighted by molar-refractivity contribution is 6.25. The summed E-state index contributed by atoms with van der Waals surface area (Å²) >= 11 is 0. The molecule has 4 atom stereocenters. The molecule has 0 radical (unpaired) electrons. The summed E-state index contributed by atoms with van der Waals surface area (Å²) < 4.78 is 4.88. The van der Waals surface area contributed by atoms with E-state index in [0.29, 0.717) is 0 Å². The number of nitrogens with zero attached hydrogens (tertiary/aromatic N) is 2. The highest BCUT2D eigenvalue weighted by Gasteiger charge is 2.65. The molecule has 174 valence electrons. The maximum atomic E-state index is 13.9. The minimum absolute atomic E-state index is 0.0988. The van der Waals surface area contributed by atoms with Gasteiger partial charge in [-0.25, -0.2) is 9.69 Å². The molecular formula is C27H26N2O5. The van der Waals surface area contributed by atoms with Crippen molar-refractivity contribution < 1.29 is 23.9 Å². The number of hydrogen-bond donors (Lipinski definition) is 0. The number of anilines is 1. The van der Waals surface area contributed by atoms with Crippen molar-refractivity contribution in [2.75, 3.05) is 12.0 Å². The normalized spacial score (nSPS) is 25.2. The number of hydrogen-bond acceptors (Lipinski definition) is 6. The lowest BCUT2D eigenvalue weighted by molar-refractivity contribution is -0.135. The Morgan fingerprint density at radius 1 is 0.912 bits per heavy atom. The SMILES string of the molecule is COC(=O)c1ccccc1N1C(=O)[C@H]2[C@H](C1=O)[C@H](C(=O)C(C)(C)C)N1C=Cc3ccccc3[C@H]21. The van der Waals surface area contributed by atoms with Crippen LogP contribution in [-0.4, -0.2) is 41.6 Å². The third-order valence-electron chi connectivity index (χ3n) is 7.02. The average Bonchev–Trinajstić information content (AvgIpc) is 3.30. The fourth-order valence-corrected chi connectivity index (χ4v) is 5.49. The highest BCUT2D eigenvalue weighted by Crippen LogP contribution is 2.54. The van der Waals surface area contributed by atoms with Crippen molar-refractivity contribution in [1.82, 2.24) is 4.90 Å². The molecule has 2 fully saturated rings. The number of carbonyl (C=O) groups excluding carboxylic acids is 4. The molecule has 3 aliphatic rings. The Hall–Kier alpha value is -3.74. The van der Waals surface area contributed by atoms with Gasteiger partial charge in [-0.05, 0) is 29.3 Å². The van der Waals surface area contributed by atoms with Gasteiger partial charge in [0, 0.05) is 11.6 Å². The van der Waals surface area contributed by atoms with Crippen LogP contribution in [0.25, 0.3) is 6.08 Å². The fraction of sp³-hybridized carbons (Fsp3) is 0.333. The van der Waals surface area contributed by atoms with Crippen LogP contribution in [0.1, 0.15) is 48.3 Å². The van der Waals surface area contributed by atoms with E-state index in [2.05, 4.69) is 0 Å². The van der Waals surface area contributed by atoms with E-state index < -0.39 is 47.1 Å². The molecule has 0 aromatic heterocycles. The van der Waals surface area contributed by atoms with Crippen molar-refractivity contribution in [3.8, 4) is 0 Å². The van der Waals surface area contributed by atoms with Gasteiger partial charge < -0.3 is 9.64 Å². The van der Waals surface area contributed by atoms with Crippen molar-refractivity contribution >= 4 is 35.3 Å². The summed E-state index contributed by atoms with van der Waals surface area (Å²) in [5.41, 5.74) is 1.47. The number of para-hydroxylation sites is 1. The number of ketones is 1. The number of benzene rings is 2. The average molecular weight is 459 g/mol. The molecule has 0 bridgehead atoms. The lowest BCUT2D eigenvalue weighted by Crippen LogP contribution is -2.48. The molecule has 3 heterocycles. The van der Waals surface area contributed by atoms with E-state index in [-0.39, 0.29) is 17.0 Å². The van der Waals surface area contributed by atoms with Gasteiger partial charge in [0.1, 0.15) is 6.04 Å². The van der Waals surface area contributed by atoms with Crippen LogP contribution in [0.15, 0.2) is 54.7 Å². The molecule has 2 amide bonds. The minimum atomic E-state index is -0.856. The Morgan fingerprint density at radius 3 is 2.26 bits per heavy atom. The van der Waals surface area contributed by atoms with Crippen molar-refractivity contribution in [3.05, 3.63) is 71.4 Å². The Bertz CT molecular complexity index is 1260. The first-order valence-corrected chi connectivity index (χ1v) is 11.3. The van der Waals surface area contributed by atoms with E-state index in [9.17, 15) is 19.2 Å². The van der Waals surface area contributed by atoms with E-state index in [1.54, 1.807) is 18.2 Å². The smallest absolute Gasteiger partial charge is 0.339 e. The highest BCUT2D eigenvalue weighted by atomic mass is 16.5. The first-order valence-electron chi connectivity index (χ1n) is 11.3. The molecule has 2 saturated heterocycles. The summed E-state index contributed by atoms with van der Waals surface area (Å²) in [5.74, 6) is -3.21. The van der Waals surface area contributed by atoms with Gasteiger partial charge in [-0.1, -0.05) is 57.2 Å². The summed E-state index contributed by atoms with van der Waals surface area (Å²) in [4.78, 5) is 56.9. The van der Waals surface area contributed by atoms with Crippen molar-refractivity contribution in [1.29, 1.82) is 0 Å². The Balaban J connectivity index is 1.68. The van der Waals surface area contributed by atoms with Crippen molar-refractivity contribution in [3.63, 3.8) is 0 Å². The number of ether oxygens (including phenoxy) is 1. The van der Waals surface area contributed by atoms with Crippen LogP contribution >= 0.6 is 0 Å². The monoisotopic (exact) mass is 458 g/mol. The van der Waals surface area contributed by atoms with Crippen LogP contribution < -0.4 is 4.90 Å². The molecule has 5 rings (SSSR count). The second-order valence-electron chi connectivity index (χ2n) is 9.97. The molecule has 34 heavy (non-hydrogen) atoms. The molecule has 7 nitrogen and oxygen atoms in total. The van der Waals surface area contributed by atoms with Gasteiger partial charge in [0.05, 0.1) is 36.2 Å². The van der Waals surface area contributed by atoms with Gasteiger partial charge >= 0.3 is 5.97 Å². The van der Waals surface area contributed by atoms with E-state index >= 15 is 0 Å². The largest absolute Gasteiger partial charge is 0.465 e. The third-order valence-corrected chi connectivity index (χ3v) is 7.02. The van der Waals surface area contributed by atoms with E-state index in [1.165, 1.54) is 13.2 Å². The predicted molar refractivity (Wildman–Crippen MR) is 126 cm³/mol. The first-order chi connectivity index (χ1) is 16.2. The van der Waals surface area contributed by atoms with Crippen LogP contribution in [-0.2, 0) is 19.1 Å². The molecule has 2 aromatic rings. The summed E-state index contributed by atoms with van der Waals surface area (Å²) in [6.07, 6.45) is 3.77. The van der Waals surface area contributed by atoms with E-state index in [0.717, 1.165) is 16.0 Å². The molecule has 0 aliphatic carbocycles. The Morgan fingerprint density at radius 2 is 1.56 bits per heavy atom. The number of esters is 1. The fourth-order valence-electron chi connectivity index (χ4n) is 5.49. The number of imide groups is 1. The molecule has 0 saturated carbocycles. The lowest BCUT2D eigenvalue weighted by atomic mass is 9.79. The Labute approximate surface area is 198 Å². The van der Waals surface area contributed by atoms with Gasteiger partial charge in [-0.2, -0.15) is 0 Å². The standard InChI is InChI=1S/C27H26N2O5/c1-27(2,3)23(30)22-20-19(21-16-10-6-5-9-15(16)13-14-28(21)22)24(31)29(25(20)32)18-12-8-7-11-17(18)26(33)34-4/h5-14,19-22H,1-4H3/t19-,20-,21+,22+/m0/s1. The number of Topliss-reactive ketones (excluding diaryl/α,β-unsaturated/α-hetero) is 1. The number of rotatable bonds is 3. The van der Waals surface area contributed by atoms with E-state index in [1.807, 2.05) is 62.2 Å². The molecule has 7 heteroatoms. The molecule has 0 spiro atoms. The number of amides is 2. The molecule has 3 aliphatic heterocycles. The van der Waals surface area contributed by atoms with Crippen molar-refractivity contribution in [2.24, 2.45) is 17.3 Å². The molecular weight excluding hydrogens is 432 g/mol. The maximum absolute atomic E-state index is 13.9. The van der Waals surface area contributed by atoms with Crippen LogP contribution in [0.2, 0.25) is 0 Å². The predicted octanol–water partition coefficient (Wildman–Crippen LogP) is 3.60. The second kappa shape index (κ2) is 7.65. The van der Waals surface area contributed by atoms with Gasteiger partial charge in [0.2, 0.25) is 11.8 Å². The maximum Gasteiger partial charge on any atom is 0.339 e. The molecule has 0 unspecified atom stereocenters. The zero-order chi connectivity index (χ0) is 24.4. The summed E-state index contributed by atoms with van der Waals surface area (Å²) in [5, 5.41) is 0. The lowest BCUT2D eigenvalue weighted by Gasteiger charge is -2.37. The molecule has 2 aromatic carbocycles. The van der Waals surface area contributed by atoms with Gasteiger partial charge in [-0.3, -0.25) is 14.4 Å². The number of carbonyl (C=O) groups is 4. The quantitative estimate of drug-likeness (QED) is 0.516. The van der Waals surface area contributed by atoms with Gasteiger partial charge in [0.25, 0.3) is 0 Å². The summed E-state index contributed by atoms with van der Waals surface area (Å²) in [6.45, 7) is 5.47. The zero-order valence-corrected chi connectivity index (χ0v) is 19.5. The van der Waals surface area contributed by atoms with Gasteiger partial charge in [-0.15, -0.1) is 0 Å². The second-order valence-corrected chi connectivity index (χ2v) is 9.97. The van der Waals surface area contributed by atoms with Crippen LogP contribution in [0.4, 0.5) is 5.69 Å². The molecule has 0 N–H and O–H groups in total. The third kappa shape index (κ3) is 3.03. The van der Waals surface area contributed by atoms with Crippen molar-refractivity contribution in [2.45, 2.75) is 32.9 Å². The van der Waals surface area contributed by atoms with Crippen LogP contribution in [0, 0.1) is 17.3 Å². The van der Waals surface area contributed by atoms with Crippen LogP contribution in [0.5, 0.6) is 0 Å². The Kier molecular flexibility index (Phi) is 4.97. The van der Waals surface area contributed by atoms with E-state index in [4.69, 9.17) is 4.74 Å². The zero-order valence-electron chi connectivity index (χ0n) is 19.5.